The first-order valence-electron chi connectivity index (χ1n) is 4.27. The van der Waals surface area contributed by atoms with Crippen LogP contribution >= 0.6 is 0 Å². The van der Waals surface area contributed by atoms with E-state index in [9.17, 15) is 14.7 Å². The third kappa shape index (κ3) is 1.76. The fraction of sp³-hybridized carbons (Fsp3) is 0.333. The molecule has 1 aromatic rings. The molecule has 3 N–H and O–H groups in total. The van der Waals surface area contributed by atoms with Crippen LogP contribution in [-0.4, -0.2) is 22.5 Å². The monoisotopic (exact) mass is 196 g/mol. The lowest BCUT2D eigenvalue weighted by molar-refractivity contribution is 0.0953. The van der Waals surface area contributed by atoms with Gasteiger partial charge in [-0.3, -0.25) is 9.59 Å². The summed E-state index contributed by atoms with van der Waals surface area (Å²) in [5, 5.41) is 11.8. The number of aromatic amines is 1. The molecule has 0 aliphatic rings. The van der Waals surface area contributed by atoms with Gasteiger partial charge in [-0.25, -0.2) is 0 Å². The summed E-state index contributed by atoms with van der Waals surface area (Å²) in [6, 6.07) is 0. The molecule has 0 atom stereocenters. The highest BCUT2D eigenvalue weighted by Crippen LogP contribution is 2.14. The molecule has 0 aromatic carbocycles. The topological polar surface area (TPSA) is 82.2 Å². The quantitative estimate of drug-likeness (QED) is 0.629. The second-order valence-corrected chi connectivity index (χ2v) is 2.86. The van der Waals surface area contributed by atoms with Crippen molar-refractivity contribution in [2.24, 2.45) is 0 Å². The summed E-state index contributed by atoms with van der Waals surface area (Å²) in [6.45, 7) is 3.72. The van der Waals surface area contributed by atoms with Gasteiger partial charge in [0.15, 0.2) is 0 Å². The molecule has 0 unspecified atom stereocenters. The lowest BCUT2D eigenvalue weighted by atomic mass is 10.1. The van der Waals surface area contributed by atoms with Gasteiger partial charge in [0.25, 0.3) is 11.5 Å². The minimum Gasteiger partial charge on any atom is -0.506 e. The third-order valence-electron chi connectivity index (χ3n) is 1.89. The number of carbonyl (C=O) groups excluding carboxylic acids is 1. The van der Waals surface area contributed by atoms with Crippen LogP contribution in [0.3, 0.4) is 0 Å². The zero-order chi connectivity index (χ0) is 10.7. The first-order valence-corrected chi connectivity index (χ1v) is 4.27. The van der Waals surface area contributed by atoms with E-state index in [0.717, 1.165) is 0 Å². The van der Waals surface area contributed by atoms with Crippen LogP contribution in [-0.2, 0) is 0 Å². The molecule has 0 radical (unpaired) electrons. The van der Waals surface area contributed by atoms with Crippen LogP contribution in [0.2, 0.25) is 0 Å². The molecule has 76 valence electrons. The first-order chi connectivity index (χ1) is 6.57. The molecular weight excluding hydrogens is 184 g/mol. The van der Waals surface area contributed by atoms with Gasteiger partial charge in [0, 0.05) is 18.3 Å². The molecule has 5 heteroatoms. The van der Waals surface area contributed by atoms with Crippen LogP contribution in [0.15, 0.2) is 11.0 Å². The summed E-state index contributed by atoms with van der Waals surface area (Å²) in [7, 11) is 0. The average Bonchev–Trinajstić information content (AvgIpc) is 2.13. The predicted molar refractivity (Wildman–Crippen MR) is 51.5 cm³/mol. The summed E-state index contributed by atoms with van der Waals surface area (Å²) >= 11 is 0. The van der Waals surface area contributed by atoms with Crippen LogP contribution in [0.4, 0.5) is 0 Å². The van der Waals surface area contributed by atoms with Gasteiger partial charge in [0.1, 0.15) is 11.3 Å². The standard InChI is InChI=1S/C9H12N2O3/c1-3-10-8(13)7-5(2)6(12)4-11-9(7)14/h4,12H,3H2,1-2H3,(H,10,13)(H,11,14). The molecule has 0 bridgehead atoms. The van der Waals surface area contributed by atoms with E-state index in [4.69, 9.17) is 0 Å². The number of H-pyrrole nitrogens is 1. The largest absolute Gasteiger partial charge is 0.506 e. The van der Waals surface area contributed by atoms with E-state index in [0.29, 0.717) is 12.1 Å². The van der Waals surface area contributed by atoms with Crippen LogP contribution in [0.5, 0.6) is 5.75 Å². The Hall–Kier alpha value is -1.78. The SMILES string of the molecule is CCNC(=O)c1c(C)c(O)c[nH]c1=O. The zero-order valence-electron chi connectivity index (χ0n) is 8.05. The van der Waals surface area contributed by atoms with Crippen molar-refractivity contribution >= 4 is 5.91 Å². The lowest BCUT2D eigenvalue weighted by Gasteiger charge is -2.05. The molecule has 5 nitrogen and oxygen atoms in total. The Morgan fingerprint density at radius 1 is 1.64 bits per heavy atom. The number of pyridine rings is 1. The number of carbonyl (C=O) groups is 1. The van der Waals surface area contributed by atoms with Crippen molar-refractivity contribution in [2.45, 2.75) is 13.8 Å². The van der Waals surface area contributed by atoms with Gasteiger partial charge in [-0.2, -0.15) is 0 Å². The fourth-order valence-electron chi connectivity index (χ4n) is 1.14. The van der Waals surface area contributed by atoms with Crippen molar-refractivity contribution in [3.8, 4) is 5.75 Å². The van der Waals surface area contributed by atoms with E-state index in [1.165, 1.54) is 13.1 Å². The Balaban J connectivity index is 3.26. The Labute approximate surface area is 80.8 Å². The van der Waals surface area contributed by atoms with Gasteiger partial charge >= 0.3 is 0 Å². The Morgan fingerprint density at radius 3 is 2.86 bits per heavy atom. The minimum atomic E-state index is -0.494. The number of nitrogens with one attached hydrogen (secondary N) is 2. The summed E-state index contributed by atoms with van der Waals surface area (Å²) < 4.78 is 0. The van der Waals surface area contributed by atoms with Gasteiger partial charge in [0.2, 0.25) is 0 Å². The van der Waals surface area contributed by atoms with Crippen molar-refractivity contribution in [1.29, 1.82) is 0 Å². The van der Waals surface area contributed by atoms with Gasteiger partial charge in [-0.15, -0.1) is 0 Å². The Bertz CT molecular complexity index is 409. The third-order valence-corrected chi connectivity index (χ3v) is 1.89. The maximum Gasteiger partial charge on any atom is 0.261 e. The van der Waals surface area contributed by atoms with Gasteiger partial charge in [0.05, 0.1) is 0 Å². The summed E-state index contributed by atoms with van der Waals surface area (Å²) in [5.41, 5.74) is -0.238. The van der Waals surface area contributed by atoms with Gasteiger partial charge < -0.3 is 15.4 Å². The van der Waals surface area contributed by atoms with Crippen LogP contribution < -0.4 is 10.9 Å². The van der Waals surface area contributed by atoms with E-state index < -0.39 is 11.5 Å². The Kier molecular flexibility index (Phi) is 2.91. The van der Waals surface area contributed by atoms with E-state index in [1.54, 1.807) is 6.92 Å². The van der Waals surface area contributed by atoms with Crippen LogP contribution in [0, 0.1) is 6.92 Å². The highest BCUT2D eigenvalue weighted by atomic mass is 16.3. The molecule has 1 amide bonds. The van der Waals surface area contributed by atoms with Crippen molar-refractivity contribution in [1.82, 2.24) is 10.3 Å². The second kappa shape index (κ2) is 3.95. The lowest BCUT2D eigenvalue weighted by Crippen LogP contribution is -2.30. The average molecular weight is 196 g/mol. The number of aromatic hydroxyl groups is 1. The molecular formula is C9H12N2O3. The molecule has 0 saturated heterocycles. The van der Waals surface area contributed by atoms with Crippen molar-refractivity contribution in [3.05, 3.63) is 27.7 Å². The number of aromatic nitrogens is 1. The van der Waals surface area contributed by atoms with Crippen molar-refractivity contribution in [2.75, 3.05) is 6.54 Å². The fourth-order valence-corrected chi connectivity index (χ4v) is 1.14. The second-order valence-electron chi connectivity index (χ2n) is 2.86. The first kappa shape index (κ1) is 10.3. The summed E-state index contributed by atoms with van der Waals surface area (Å²) in [4.78, 5) is 25.0. The predicted octanol–water partition coefficient (Wildman–Crippen LogP) is 0.139. The molecule has 0 fully saturated rings. The van der Waals surface area contributed by atoms with E-state index in [1.807, 2.05) is 0 Å². The normalized spacial score (nSPS) is 9.86. The minimum absolute atomic E-state index is 0.0353. The highest BCUT2D eigenvalue weighted by Gasteiger charge is 2.15. The van der Waals surface area contributed by atoms with Crippen molar-refractivity contribution in [3.63, 3.8) is 0 Å². The number of rotatable bonds is 2. The van der Waals surface area contributed by atoms with Gasteiger partial charge in [-0.1, -0.05) is 0 Å². The molecule has 1 aromatic heterocycles. The van der Waals surface area contributed by atoms with Crippen molar-refractivity contribution < 1.29 is 9.90 Å². The molecule has 1 rings (SSSR count). The molecule has 0 aliphatic carbocycles. The van der Waals surface area contributed by atoms with Crippen LogP contribution in [0.25, 0.3) is 0 Å². The highest BCUT2D eigenvalue weighted by molar-refractivity contribution is 5.95. The smallest absolute Gasteiger partial charge is 0.261 e. The zero-order valence-corrected chi connectivity index (χ0v) is 8.05. The van der Waals surface area contributed by atoms with Gasteiger partial charge in [-0.05, 0) is 13.8 Å². The number of amides is 1. The number of hydrogen-bond donors (Lipinski definition) is 3. The maximum atomic E-state index is 11.4. The number of hydrogen-bond acceptors (Lipinski definition) is 3. The summed E-state index contributed by atoms with van der Waals surface area (Å²) in [6.07, 6.45) is 1.17. The molecule has 0 aliphatic heterocycles. The summed E-state index contributed by atoms with van der Waals surface area (Å²) in [5.74, 6) is -0.562. The molecule has 1 heterocycles. The Morgan fingerprint density at radius 2 is 2.29 bits per heavy atom. The van der Waals surface area contributed by atoms with E-state index >= 15 is 0 Å². The molecule has 14 heavy (non-hydrogen) atoms. The molecule has 0 spiro atoms. The molecule has 0 saturated carbocycles. The van der Waals surface area contributed by atoms with E-state index in [-0.39, 0.29) is 11.3 Å². The van der Waals surface area contributed by atoms with Crippen LogP contribution in [0.1, 0.15) is 22.8 Å². The maximum absolute atomic E-state index is 11.4. The van der Waals surface area contributed by atoms with E-state index in [2.05, 4.69) is 10.3 Å².